The van der Waals surface area contributed by atoms with Crippen molar-refractivity contribution in [3.05, 3.63) is 23.8 Å². The zero-order chi connectivity index (χ0) is 18.3. The summed E-state index contributed by atoms with van der Waals surface area (Å²) < 4.78 is 35.8. The monoisotopic (exact) mass is 380 g/mol. The van der Waals surface area contributed by atoms with Crippen LogP contribution in [0.2, 0.25) is 0 Å². The third-order valence-electron chi connectivity index (χ3n) is 5.99. The van der Waals surface area contributed by atoms with Gasteiger partial charge in [-0.15, -0.1) is 0 Å². The van der Waals surface area contributed by atoms with Crippen LogP contribution >= 0.6 is 0 Å². The third kappa shape index (κ3) is 3.57. The van der Waals surface area contributed by atoms with Crippen LogP contribution in [-0.4, -0.2) is 75.7 Å². The van der Waals surface area contributed by atoms with Crippen molar-refractivity contribution in [2.24, 2.45) is 5.92 Å². The van der Waals surface area contributed by atoms with E-state index in [1.54, 1.807) is 14.2 Å². The molecule has 0 radical (unpaired) electrons. The Hall–Kier alpha value is -1.31. The number of fused-ring (bicyclic) bond motifs is 1. The lowest BCUT2D eigenvalue weighted by Gasteiger charge is -2.44. The highest BCUT2D eigenvalue weighted by atomic mass is 32.2. The van der Waals surface area contributed by atoms with Crippen LogP contribution in [0.15, 0.2) is 18.2 Å². The number of hydrogen-bond donors (Lipinski definition) is 0. The molecule has 3 aliphatic rings. The van der Waals surface area contributed by atoms with Crippen molar-refractivity contribution >= 4 is 9.84 Å². The Balaban J connectivity index is 1.58. The maximum Gasteiger partial charge on any atom is 0.153 e. The third-order valence-corrected chi connectivity index (χ3v) is 7.69. The second-order valence-corrected chi connectivity index (χ2v) is 9.92. The van der Waals surface area contributed by atoms with E-state index in [0.717, 1.165) is 42.6 Å². The van der Waals surface area contributed by atoms with Crippen molar-refractivity contribution in [3.8, 4) is 11.5 Å². The molecule has 1 aromatic rings. The van der Waals surface area contributed by atoms with Gasteiger partial charge in [-0.3, -0.25) is 9.80 Å². The van der Waals surface area contributed by atoms with Crippen molar-refractivity contribution < 1.29 is 17.9 Å². The van der Waals surface area contributed by atoms with Gasteiger partial charge in [-0.1, -0.05) is 6.07 Å². The lowest BCUT2D eigenvalue weighted by atomic mass is 10.0. The van der Waals surface area contributed by atoms with E-state index in [0.29, 0.717) is 12.3 Å². The standard InChI is InChI=1S/C19H28N2O4S/c1-24-18-4-3-5-19(25-2)15(18)11-21-9-8-20(10-14-6-7-14)16-12-26(22,23)13-17(16)21/h3-5,14,16-17H,6-13H2,1-2H3/t16-,17+/m1/s1. The normalized spacial score (nSPS) is 28.7. The smallest absolute Gasteiger partial charge is 0.153 e. The zero-order valence-corrected chi connectivity index (χ0v) is 16.4. The number of piperazine rings is 1. The molecule has 0 spiro atoms. The van der Waals surface area contributed by atoms with Gasteiger partial charge in [-0.05, 0) is 30.9 Å². The molecule has 26 heavy (non-hydrogen) atoms. The highest BCUT2D eigenvalue weighted by Gasteiger charge is 2.47. The maximum absolute atomic E-state index is 12.4. The molecular formula is C19H28N2O4S. The van der Waals surface area contributed by atoms with Gasteiger partial charge < -0.3 is 9.47 Å². The van der Waals surface area contributed by atoms with Crippen LogP contribution < -0.4 is 9.47 Å². The average molecular weight is 381 g/mol. The summed E-state index contributed by atoms with van der Waals surface area (Å²) in [6, 6.07) is 5.96. The van der Waals surface area contributed by atoms with Crippen molar-refractivity contribution in [2.75, 3.05) is 45.4 Å². The van der Waals surface area contributed by atoms with Crippen LogP contribution in [-0.2, 0) is 16.4 Å². The second-order valence-electron chi connectivity index (χ2n) is 7.76. The van der Waals surface area contributed by atoms with Crippen LogP contribution in [0, 0.1) is 5.92 Å². The van der Waals surface area contributed by atoms with Gasteiger partial charge in [0.25, 0.3) is 0 Å². The van der Waals surface area contributed by atoms with E-state index in [2.05, 4.69) is 9.80 Å². The first kappa shape index (κ1) is 18.1. The van der Waals surface area contributed by atoms with Gasteiger partial charge in [0, 0.05) is 38.3 Å². The summed E-state index contributed by atoms with van der Waals surface area (Å²) in [5, 5.41) is 0. The Morgan fingerprint density at radius 2 is 1.58 bits per heavy atom. The summed E-state index contributed by atoms with van der Waals surface area (Å²) >= 11 is 0. The van der Waals surface area contributed by atoms with Gasteiger partial charge in [-0.25, -0.2) is 8.42 Å². The van der Waals surface area contributed by atoms with Gasteiger partial charge in [0.2, 0.25) is 0 Å². The minimum atomic E-state index is -2.98. The quantitative estimate of drug-likeness (QED) is 0.744. The predicted octanol–water partition coefficient (Wildman–Crippen LogP) is 1.40. The molecule has 144 valence electrons. The van der Waals surface area contributed by atoms with Crippen molar-refractivity contribution in [3.63, 3.8) is 0 Å². The van der Waals surface area contributed by atoms with E-state index >= 15 is 0 Å². The minimum Gasteiger partial charge on any atom is -0.496 e. The molecule has 1 saturated carbocycles. The number of benzene rings is 1. The topological polar surface area (TPSA) is 59.1 Å². The summed E-state index contributed by atoms with van der Waals surface area (Å²) in [6.45, 7) is 3.53. The second kappa shape index (κ2) is 7.02. The molecule has 2 heterocycles. The summed E-state index contributed by atoms with van der Waals surface area (Å²) in [5.74, 6) is 2.92. The molecular weight excluding hydrogens is 352 g/mol. The van der Waals surface area contributed by atoms with Crippen LogP contribution in [0.1, 0.15) is 18.4 Å². The average Bonchev–Trinajstić information content (AvgIpc) is 3.37. The number of ether oxygens (including phenoxy) is 2. The van der Waals surface area contributed by atoms with E-state index in [4.69, 9.17) is 9.47 Å². The van der Waals surface area contributed by atoms with Crippen molar-refractivity contribution in [1.29, 1.82) is 0 Å². The lowest BCUT2D eigenvalue weighted by molar-refractivity contribution is 0.0368. The number of sulfone groups is 1. The molecule has 2 saturated heterocycles. The molecule has 1 aliphatic carbocycles. The SMILES string of the molecule is COc1cccc(OC)c1CN1CCN(CC2CC2)[C@@H]2CS(=O)(=O)C[C@@H]21. The Labute approximate surface area is 156 Å². The first-order chi connectivity index (χ1) is 12.5. The molecule has 4 rings (SSSR count). The molecule has 6 nitrogen and oxygen atoms in total. The number of nitrogens with zero attached hydrogens (tertiary/aromatic N) is 2. The number of hydrogen-bond acceptors (Lipinski definition) is 6. The number of rotatable bonds is 6. The van der Waals surface area contributed by atoms with Crippen LogP contribution in [0.4, 0.5) is 0 Å². The zero-order valence-electron chi connectivity index (χ0n) is 15.6. The molecule has 2 aliphatic heterocycles. The fourth-order valence-electron chi connectivity index (χ4n) is 4.44. The Morgan fingerprint density at radius 3 is 2.15 bits per heavy atom. The molecule has 0 aromatic heterocycles. The van der Waals surface area contributed by atoms with Gasteiger partial charge >= 0.3 is 0 Å². The highest BCUT2D eigenvalue weighted by molar-refractivity contribution is 7.91. The fourth-order valence-corrected chi connectivity index (χ4v) is 6.48. The molecule has 3 fully saturated rings. The van der Waals surface area contributed by atoms with Gasteiger partial charge in [-0.2, -0.15) is 0 Å². The van der Waals surface area contributed by atoms with E-state index in [1.165, 1.54) is 12.8 Å². The first-order valence-electron chi connectivity index (χ1n) is 9.39. The summed E-state index contributed by atoms with van der Waals surface area (Å²) in [5.41, 5.74) is 0.996. The van der Waals surface area contributed by atoms with E-state index in [9.17, 15) is 8.42 Å². The summed E-state index contributed by atoms with van der Waals surface area (Å²) in [7, 11) is 0.343. The molecule has 7 heteroatoms. The summed E-state index contributed by atoms with van der Waals surface area (Å²) in [4.78, 5) is 4.75. The van der Waals surface area contributed by atoms with Crippen LogP contribution in [0.25, 0.3) is 0 Å². The Bertz CT molecular complexity index is 741. The lowest BCUT2D eigenvalue weighted by Crippen LogP contribution is -2.59. The maximum atomic E-state index is 12.4. The van der Waals surface area contributed by atoms with Crippen molar-refractivity contribution in [1.82, 2.24) is 9.80 Å². The fraction of sp³-hybridized carbons (Fsp3) is 0.684. The Morgan fingerprint density at radius 1 is 1.00 bits per heavy atom. The van der Waals surface area contributed by atoms with Crippen LogP contribution in [0.5, 0.6) is 11.5 Å². The van der Waals surface area contributed by atoms with Gasteiger partial charge in [0.15, 0.2) is 9.84 Å². The minimum absolute atomic E-state index is 0.0575. The molecule has 1 aromatic carbocycles. The summed E-state index contributed by atoms with van der Waals surface area (Å²) in [6.07, 6.45) is 2.59. The van der Waals surface area contributed by atoms with Crippen molar-refractivity contribution in [2.45, 2.75) is 31.5 Å². The molecule has 2 atom stereocenters. The number of methoxy groups -OCH3 is 2. The van der Waals surface area contributed by atoms with E-state index in [-0.39, 0.29) is 17.8 Å². The predicted molar refractivity (Wildman–Crippen MR) is 100 cm³/mol. The molecule has 0 unspecified atom stereocenters. The molecule has 0 bridgehead atoms. The van der Waals surface area contributed by atoms with Crippen LogP contribution in [0.3, 0.4) is 0 Å². The van der Waals surface area contributed by atoms with E-state index < -0.39 is 9.84 Å². The largest absolute Gasteiger partial charge is 0.496 e. The Kier molecular flexibility index (Phi) is 4.88. The first-order valence-corrected chi connectivity index (χ1v) is 11.2. The van der Waals surface area contributed by atoms with Gasteiger partial charge in [0.1, 0.15) is 11.5 Å². The highest BCUT2D eigenvalue weighted by Crippen LogP contribution is 2.36. The van der Waals surface area contributed by atoms with Gasteiger partial charge in [0.05, 0.1) is 31.3 Å². The molecule has 0 amide bonds. The molecule has 0 N–H and O–H groups in total. The van der Waals surface area contributed by atoms with E-state index in [1.807, 2.05) is 18.2 Å².